The minimum absolute atomic E-state index is 0.100. The van der Waals surface area contributed by atoms with Gasteiger partial charge in [-0.2, -0.15) is 0 Å². The SMILES string of the molecule is CC(C)c1nc2cc(NC(=O)CCCl)ccc2o1. The van der Waals surface area contributed by atoms with Crippen molar-refractivity contribution in [2.75, 3.05) is 11.2 Å². The van der Waals surface area contributed by atoms with Crippen molar-refractivity contribution in [1.82, 2.24) is 4.98 Å². The van der Waals surface area contributed by atoms with E-state index in [0.717, 1.165) is 11.1 Å². The van der Waals surface area contributed by atoms with E-state index in [-0.39, 0.29) is 11.8 Å². The monoisotopic (exact) mass is 266 g/mol. The Kier molecular flexibility index (Phi) is 3.87. The standard InChI is InChI=1S/C13H15ClN2O2/c1-8(2)13-16-10-7-9(3-4-11(10)18-13)15-12(17)5-6-14/h3-4,7-8H,5-6H2,1-2H3,(H,15,17). The van der Waals surface area contributed by atoms with Crippen LogP contribution in [0.1, 0.15) is 32.1 Å². The molecule has 4 nitrogen and oxygen atoms in total. The van der Waals surface area contributed by atoms with Gasteiger partial charge in [-0.15, -0.1) is 11.6 Å². The molecular formula is C13H15ClN2O2. The van der Waals surface area contributed by atoms with Crippen LogP contribution in [0.25, 0.3) is 11.1 Å². The zero-order chi connectivity index (χ0) is 13.1. The maximum Gasteiger partial charge on any atom is 0.225 e. The number of carbonyl (C=O) groups excluding carboxylic acids is 1. The Morgan fingerprint density at radius 2 is 2.28 bits per heavy atom. The molecule has 0 spiro atoms. The first kappa shape index (κ1) is 12.9. The summed E-state index contributed by atoms with van der Waals surface area (Å²) in [6.07, 6.45) is 0.301. The molecule has 0 aliphatic carbocycles. The van der Waals surface area contributed by atoms with Crippen molar-refractivity contribution >= 4 is 34.3 Å². The van der Waals surface area contributed by atoms with E-state index in [1.165, 1.54) is 0 Å². The van der Waals surface area contributed by atoms with E-state index in [9.17, 15) is 4.79 Å². The maximum absolute atomic E-state index is 11.4. The highest BCUT2D eigenvalue weighted by atomic mass is 35.5. The van der Waals surface area contributed by atoms with Crippen molar-refractivity contribution in [1.29, 1.82) is 0 Å². The molecule has 2 aromatic rings. The van der Waals surface area contributed by atoms with E-state index in [1.54, 1.807) is 12.1 Å². The van der Waals surface area contributed by atoms with Crippen molar-refractivity contribution in [3.63, 3.8) is 0 Å². The van der Waals surface area contributed by atoms with Gasteiger partial charge in [-0.25, -0.2) is 4.98 Å². The second-order valence-corrected chi connectivity index (χ2v) is 4.75. The Morgan fingerprint density at radius 1 is 1.50 bits per heavy atom. The number of amides is 1. The third kappa shape index (κ3) is 2.82. The fourth-order valence-corrected chi connectivity index (χ4v) is 1.75. The number of anilines is 1. The Balaban J connectivity index is 2.24. The number of nitrogens with one attached hydrogen (secondary N) is 1. The van der Waals surface area contributed by atoms with Gasteiger partial charge in [0.25, 0.3) is 0 Å². The summed E-state index contributed by atoms with van der Waals surface area (Å²) in [5.41, 5.74) is 2.19. The van der Waals surface area contributed by atoms with Gasteiger partial charge < -0.3 is 9.73 Å². The molecule has 5 heteroatoms. The summed E-state index contributed by atoms with van der Waals surface area (Å²) in [5.74, 6) is 1.16. The summed E-state index contributed by atoms with van der Waals surface area (Å²) in [6, 6.07) is 5.41. The molecule has 0 saturated carbocycles. The van der Waals surface area contributed by atoms with Crippen molar-refractivity contribution in [2.24, 2.45) is 0 Å². The zero-order valence-electron chi connectivity index (χ0n) is 10.4. The quantitative estimate of drug-likeness (QED) is 0.862. The van der Waals surface area contributed by atoms with Gasteiger partial charge in [-0.3, -0.25) is 4.79 Å². The molecule has 1 aromatic carbocycles. The number of hydrogen-bond acceptors (Lipinski definition) is 3. The molecule has 0 aliphatic heterocycles. The van der Waals surface area contributed by atoms with E-state index in [1.807, 2.05) is 19.9 Å². The van der Waals surface area contributed by atoms with Crippen LogP contribution in [-0.2, 0) is 4.79 Å². The molecule has 0 radical (unpaired) electrons. The van der Waals surface area contributed by atoms with Crippen LogP contribution in [0.15, 0.2) is 22.6 Å². The number of fused-ring (bicyclic) bond motifs is 1. The van der Waals surface area contributed by atoms with Crippen LogP contribution in [0.2, 0.25) is 0 Å². The van der Waals surface area contributed by atoms with Gasteiger partial charge in [-0.1, -0.05) is 13.8 Å². The highest BCUT2D eigenvalue weighted by Crippen LogP contribution is 2.23. The van der Waals surface area contributed by atoms with Crippen LogP contribution in [-0.4, -0.2) is 16.8 Å². The van der Waals surface area contributed by atoms with Crippen molar-refractivity contribution < 1.29 is 9.21 Å². The largest absolute Gasteiger partial charge is 0.440 e. The molecule has 0 fully saturated rings. The van der Waals surface area contributed by atoms with E-state index >= 15 is 0 Å². The molecule has 1 N–H and O–H groups in total. The summed E-state index contributed by atoms with van der Waals surface area (Å²) >= 11 is 5.51. The number of oxazole rings is 1. The highest BCUT2D eigenvalue weighted by Gasteiger charge is 2.10. The Labute approximate surface area is 110 Å². The molecule has 1 amide bonds. The third-order valence-electron chi connectivity index (χ3n) is 2.50. The van der Waals surface area contributed by atoms with Gasteiger partial charge in [0.2, 0.25) is 5.91 Å². The van der Waals surface area contributed by atoms with Gasteiger partial charge in [0.1, 0.15) is 5.52 Å². The van der Waals surface area contributed by atoms with E-state index < -0.39 is 0 Å². The second kappa shape index (κ2) is 5.40. The van der Waals surface area contributed by atoms with Gasteiger partial charge in [-0.05, 0) is 18.2 Å². The van der Waals surface area contributed by atoms with Gasteiger partial charge >= 0.3 is 0 Å². The van der Waals surface area contributed by atoms with Crippen LogP contribution >= 0.6 is 11.6 Å². The number of carbonyl (C=O) groups is 1. The van der Waals surface area contributed by atoms with Crippen LogP contribution in [0.4, 0.5) is 5.69 Å². The molecule has 0 saturated heterocycles. The van der Waals surface area contributed by atoms with Crippen LogP contribution in [0.3, 0.4) is 0 Å². The summed E-state index contributed by atoms with van der Waals surface area (Å²) in [6.45, 7) is 4.04. The number of benzene rings is 1. The number of aromatic nitrogens is 1. The first-order chi connectivity index (χ1) is 8.60. The number of halogens is 1. The topological polar surface area (TPSA) is 55.1 Å². The lowest BCUT2D eigenvalue weighted by Crippen LogP contribution is -2.11. The van der Waals surface area contributed by atoms with Crippen molar-refractivity contribution in [2.45, 2.75) is 26.2 Å². The van der Waals surface area contributed by atoms with Crippen LogP contribution in [0, 0.1) is 0 Å². The first-order valence-electron chi connectivity index (χ1n) is 5.86. The summed E-state index contributed by atoms with van der Waals surface area (Å²) in [4.78, 5) is 15.8. The molecule has 0 atom stereocenters. The van der Waals surface area contributed by atoms with E-state index in [4.69, 9.17) is 16.0 Å². The Bertz CT molecular complexity index is 563. The third-order valence-corrected chi connectivity index (χ3v) is 2.69. The normalized spacial score (nSPS) is 11.1. The molecular weight excluding hydrogens is 252 g/mol. The Morgan fingerprint density at radius 3 is 2.94 bits per heavy atom. The van der Waals surface area contributed by atoms with Crippen molar-refractivity contribution in [3.8, 4) is 0 Å². The lowest BCUT2D eigenvalue weighted by Gasteiger charge is -2.02. The molecule has 18 heavy (non-hydrogen) atoms. The minimum atomic E-state index is -0.100. The van der Waals surface area contributed by atoms with E-state index in [0.29, 0.717) is 23.9 Å². The highest BCUT2D eigenvalue weighted by molar-refractivity contribution is 6.19. The molecule has 0 bridgehead atoms. The second-order valence-electron chi connectivity index (χ2n) is 4.38. The maximum atomic E-state index is 11.4. The predicted octanol–water partition coefficient (Wildman–Crippen LogP) is 3.52. The Hall–Kier alpha value is -1.55. The van der Waals surface area contributed by atoms with E-state index in [2.05, 4.69) is 10.3 Å². The average Bonchev–Trinajstić information content (AvgIpc) is 2.72. The number of alkyl halides is 1. The smallest absolute Gasteiger partial charge is 0.225 e. The molecule has 0 aliphatic rings. The van der Waals surface area contributed by atoms with Crippen LogP contribution in [0.5, 0.6) is 0 Å². The average molecular weight is 267 g/mol. The number of hydrogen-bond donors (Lipinski definition) is 1. The minimum Gasteiger partial charge on any atom is -0.440 e. The molecule has 1 aromatic heterocycles. The molecule has 0 unspecified atom stereocenters. The van der Waals surface area contributed by atoms with Gasteiger partial charge in [0.15, 0.2) is 11.5 Å². The van der Waals surface area contributed by atoms with Gasteiger partial charge in [0.05, 0.1) is 0 Å². The summed E-state index contributed by atoms with van der Waals surface area (Å²) in [5, 5.41) is 2.77. The van der Waals surface area contributed by atoms with Gasteiger partial charge in [0, 0.05) is 23.9 Å². The number of nitrogens with zero attached hydrogens (tertiary/aromatic N) is 1. The number of rotatable bonds is 4. The molecule has 96 valence electrons. The molecule has 2 rings (SSSR count). The lowest BCUT2D eigenvalue weighted by atomic mass is 10.2. The van der Waals surface area contributed by atoms with Crippen LogP contribution < -0.4 is 5.32 Å². The van der Waals surface area contributed by atoms with Crippen molar-refractivity contribution in [3.05, 3.63) is 24.1 Å². The summed E-state index contributed by atoms with van der Waals surface area (Å²) in [7, 11) is 0. The fraction of sp³-hybridized carbons (Fsp3) is 0.385. The lowest BCUT2D eigenvalue weighted by molar-refractivity contribution is -0.115. The first-order valence-corrected chi connectivity index (χ1v) is 6.40. The fourth-order valence-electron chi connectivity index (χ4n) is 1.58. The predicted molar refractivity (Wildman–Crippen MR) is 72.1 cm³/mol. The summed E-state index contributed by atoms with van der Waals surface area (Å²) < 4.78 is 5.59. The molecule has 1 heterocycles. The zero-order valence-corrected chi connectivity index (χ0v) is 11.1.